The zero-order valence-corrected chi connectivity index (χ0v) is 18.8. The van der Waals surface area contributed by atoms with Gasteiger partial charge in [-0.1, -0.05) is 48.9 Å². The minimum Gasteiger partial charge on any atom is -0.315 e. The topological polar surface area (TPSA) is 59.4 Å². The third-order valence-corrected chi connectivity index (χ3v) is 7.30. The molecular weight excluding hydrogens is 404 g/mol. The average molecular weight is 435 g/mol. The predicted molar refractivity (Wildman–Crippen MR) is 127 cm³/mol. The second-order valence-electron chi connectivity index (χ2n) is 8.32. The smallest absolute Gasteiger partial charge is 0.239 e. The second-order valence-corrected chi connectivity index (χ2v) is 9.42. The predicted octanol–water partition coefficient (Wildman–Crippen LogP) is 4.16. The Hall–Kier alpha value is -2.46. The summed E-state index contributed by atoms with van der Waals surface area (Å²) in [6.45, 7) is 5.02. The van der Waals surface area contributed by atoms with Gasteiger partial charge in [-0.3, -0.25) is 14.6 Å². The van der Waals surface area contributed by atoms with Crippen molar-refractivity contribution in [3.05, 3.63) is 58.0 Å². The molecule has 0 spiro atoms. The van der Waals surface area contributed by atoms with Gasteiger partial charge < -0.3 is 5.32 Å². The van der Waals surface area contributed by atoms with E-state index >= 15 is 0 Å². The Kier molecular flexibility index (Phi) is 7.52. The molecule has 1 N–H and O–H groups in total. The Morgan fingerprint density at radius 3 is 2.58 bits per heavy atom. The number of thiophene rings is 1. The molecule has 1 aromatic carbocycles. The average Bonchev–Trinajstić information content (AvgIpc) is 2.94. The van der Waals surface area contributed by atoms with E-state index in [9.17, 15) is 10.1 Å². The summed E-state index contributed by atoms with van der Waals surface area (Å²) in [5, 5.41) is 13.4. The maximum atomic E-state index is 12.7. The normalized spacial score (nSPS) is 17.8. The van der Waals surface area contributed by atoms with Crippen LogP contribution in [-0.4, -0.2) is 55.0 Å². The van der Waals surface area contributed by atoms with Crippen LogP contribution < -0.4 is 5.32 Å². The maximum absolute atomic E-state index is 12.7. The minimum absolute atomic E-state index is 0.00895. The second kappa shape index (κ2) is 10.7. The number of hydrogen-bond acceptors (Lipinski definition) is 5. The first-order valence-electron chi connectivity index (χ1n) is 11.2. The molecule has 0 atom stereocenters. The fourth-order valence-electron chi connectivity index (χ4n) is 4.35. The molecule has 162 valence electrons. The number of nitrogens with one attached hydrogen (secondary N) is 1. The van der Waals surface area contributed by atoms with Crippen molar-refractivity contribution in [1.29, 1.82) is 5.26 Å². The van der Waals surface area contributed by atoms with Gasteiger partial charge in [0.2, 0.25) is 5.91 Å². The molecule has 2 heterocycles. The number of carbonyl (C=O) groups excluding carboxylic acids is 1. The number of fused-ring (bicyclic) bond motifs is 1. The van der Waals surface area contributed by atoms with E-state index in [1.54, 1.807) is 11.3 Å². The number of nitriles is 1. The van der Waals surface area contributed by atoms with Crippen LogP contribution in [0.2, 0.25) is 0 Å². The lowest BCUT2D eigenvalue weighted by Crippen LogP contribution is -2.48. The van der Waals surface area contributed by atoms with Gasteiger partial charge in [0, 0.05) is 37.6 Å². The fourth-order valence-corrected chi connectivity index (χ4v) is 5.61. The summed E-state index contributed by atoms with van der Waals surface area (Å²) in [6, 6.07) is 12.7. The van der Waals surface area contributed by atoms with E-state index in [2.05, 4.69) is 57.6 Å². The number of hydrogen-bond donors (Lipinski definition) is 1. The quantitative estimate of drug-likeness (QED) is 0.694. The van der Waals surface area contributed by atoms with E-state index in [1.807, 2.05) is 6.07 Å². The van der Waals surface area contributed by atoms with Gasteiger partial charge in [0.15, 0.2) is 0 Å². The zero-order chi connectivity index (χ0) is 21.5. The first-order chi connectivity index (χ1) is 15.2. The van der Waals surface area contributed by atoms with Crippen molar-refractivity contribution in [2.24, 2.45) is 0 Å². The van der Waals surface area contributed by atoms with Crippen LogP contribution in [0.4, 0.5) is 5.00 Å². The number of carbonyl (C=O) groups is 1. The molecule has 1 aliphatic carbocycles. The molecular formula is C25H30N4OS. The van der Waals surface area contributed by atoms with E-state index in [1.165, 1.54) is 28.8 Å². The summed E-state index contributed by atoms with van der Waals surface area (Å²) < 4.78 is 0. The van der Waals surface area contributed by atoms with Crippen LogP contribution >= 0.6 is 11.3 Å². The molecule has 1 saturated heterocycles. The molecule has 1 fully saturated rings. The van der Waals surface area contributed by atoms with Crippen molar-refractivity contribution < 1.29 is 4.79 Å². The summed E-state index contributed by atoms with van der Waals surface area (Å²) >= 11 is 1.61. The molecule has 1 amide bonds. The molecule has 1 aromatic heterocycles. The highest BCUT2D eigenvalue weighted by molar-refractivity contribution is 7.16. The van der Waals surface area contributed by atoms with Crippen molar-refractivity contribution >= 4 is 28.3 Å². The zero-order valence-electron chi connectivity index (χ0n) is 18.0. The Bertz CT molecular complexity index is 952. The number of rotatable bonds is 6. The molecule has 2 aliphatic rings. The summed E-state index contributed by atoms with van der Waals surface area (Å²) in [5.41, 5.74) is 3.10. The first kappa shape index (κ1) is 21.8. The van der Waals surface area contributed by atoms with Crippen LogP contribution in [0.3, 0.4) is 0 Å². The molecule has 0 bridgehead atoms. The third kappa shape index (κ3) is 5.82. The van der Waals surface area contributed by atoms with Gasteiger partial charge in [-0.05, 0) is 36.8 Å². The fraction of sp³-hybridized carbons (Fsp3) is 0.440. The van der Waals surface area contributed by atoms with Crippen LogP contribution in [-0.2, 0) is 17.6 Å². The highest BCUT2D eigenvalue weighted by Gasteiger charge is 2.23. The highest BCUT2D eigenvalue weighted by Crippen LogP contribution is 2.36. The first-order valence-corrected chi connectivity index (χ1v) is 12.1. The van der Waals surface area contributed by atoms with Gasteiger partial charge in [-0.15, -0.1) is 11.3 Å². The molecule has 31 heavy (non-hydrogen) atoms. The van der Waals surface area contributed by atoms with Gasteiger partial charge in [-0.25, -0.2) is 0 Å². The standard InChI is InChI=1S/C25H30N4OS/c26-18-22-21-11-5-2-6-12-23(21)31-25(22)27-24(30)19-29-16-14-28(15-17-29)13-7-10-20-8-3-1-4-9-20/h1,3-4,7-10H,2,5-6,11-17,19H2,(H,27,30)/b10-7+. The molecule has 5 nitrogen and oxygen atoms in total. The Balaban J connectivity index is 1.24. The van der Waals surface area contributed by atoms with E-state index in [0.29, 0.717) is 12.1 Å². The SMILES string of the molecule is N#Cc1c(NC(=O)CN2CCN(C/C=C/c3ccccc3)CC2)sc2c1CCCCC2. The summed E-state index contributed by atoms with van der Waals surface area (Å²) in [7, 11) is 0. The molecule has 0 radical (unpaired) electrons. The Morgan fingerprint density at radius 1 is 1.06 bits per heavy atom. The Labute approximate surface area is 189 Å². The monoisotopic (exact) mass is 434 g/mol. The summed E-state index contributed by atoms with van der Waals surface area (Å²) in [4.78, 5) is 18.6. The number of anilines is 1. The number of piperazine rings is 1. The van der Waals surface area contributed by atoms with Gasteiger partial charge in [0.25, 0.3) is 0 Å². The van der Waals surface area contributed by atoms with Crippen molar-refractivity contribution in [1.82, 2.24) is 9.80 Å². The molecule has 4 rings (SSSR count). The maximum Gasteiger partial charge on any atom is 0.239 e. The number of benzene rings is 1. The third-order valence-electron chi connectivity index (χ3n) is 6.09. The number of nitrogens with zero attached hydrogens (tertiary/aromatic N) is 3. The van der Waals surface area contributed by atoms with Gasteiger partial charge in [-0.2, -0.15) is 5.26 Å². The van der Waals surface area contributed by atoms with Gasteiger partial charge in [0.05, 0.1) is 12.1 Å². The van der Waals surface area contributed by atoms with E-state index in [0.717, 1.165) is 57.0 Å². The molecule has 2 aromatic rings. The molecule has 6 heteroatoms. The van der Waals surface area contributed by atoms with Crippen LogP contribution in [0.25, 0.3) is 6.08 Å². The van der Waals surface area contributed by atoms with Gasteiger partial charge >= 0.3 is 0 Å². The van der Waals surface area contributed by atoms with Crippen LogP contribution in [0.15, 0.2) is 36.4 Å². The highest BCUT2D eigenvalue weighted by atomic mass is 32.1. The van der Waals surface area contributed by atoms with Crippen molar-refractivity contribution in [2.75, 3.05) is 44.6 Å². The van der Waals surface area contributed by atoms with Crippen LogP contribution in [0, 0.1) is 11.3 Å². The van der Waals surface area contributed by atoms with E-state index < -0.39 is 0 Å². The summed E-state index contributed by atoms with van der Waals surface area (Å²) in [6.07, 6.45) is 9.91. The van der Waals surface area contributed by atoms with Crippen LogP contribution in [0.5, 0.6) is 0 Å². The number of aryl methyl sites for hydroxylation is 1. The van der Waals surface area contributed by atoms with Gasteiger partial charge in [0.1, 0.15) is 11.1 Å². The summed E-state index contributed by atoms with van der Waals surface area (Å²) in [5.74, 6) is -0.00895. The van der Waals surface area contributed by atoms with Crippen LogP contribution in [0.1, 0.15) is 40.8 Å². The molecule has 1 aliphatic heterocycles. The lowest BCUT2D eigenvalue weighted by molar-refractivity contribution is -0.117. The minimum atomic E-state index is -0.00895. The number of amides is 1. The largest absolute Gasteiger partial charge is 0.315 e. The lowest BCUT2D eigenvalue weighted by Gasteiger charge is -2.33. The molecule has 0 saturated carbocycles. The van der Waals surface area contributed by atoms with E-state index in [-0.39, 0.29) is 5.91 Å². The van der Waals surface area contributed by atoms with E-state index in [4.69, 9.17) is 0 Å². The Morgan fingerprint density at radius 2 is 1.81 bits per heavy atom. The van der Waals surface area contributed by atoms with Crippen molar-refractivity contribution in [2.45, 2.75) is 32.1 Å². The van der Waals surface area contributed by atoms with Crippen molar-refractivity contribution in [3.8, 4) is 6.07 Å². The lowest BCUT2D eigenvalue weighted by atomic mass is 10.1. The molecule has 0 unspecified atom stereocenters. The van der Waals surface area contributed by atoms with Crippen molar-refractivity contribution in [3.63, 3.8) is 0 Å².